The van der Waals surface area contributed by atoms with Gasteiger partial charge >= 0.3 is 0 Å². The van der Waals surface area contributed by atoms with E-state index >= 15 is 0 Å². The zero-order valence-corrected chi connectivity index (χ0v) is 12.3. The van der Waals surface area contributed by atoms with Gasteiger partial charge in [0.15, 0.2) is 0 Å². The van der Waals surface area contributed by atoms with E-state index in [0.717, 1.165) is 19.5 Å². The van der Waals surface area contributed by atoms with E-state index in [1.165, 1.54) is 24.0 Å². The SMILES string of the molecule is CCCCCNC(=O)C(C)NCc1ccc(C)cc1. The summed E-state index contributed by atoms with van der Waals surface area (Å²) >= 11 is 0. The summed E-state index contributed by atoms with van der Waals surface area (Å²) in [6.45, 7) is 7.65. The Labute approximate surface area is 116 Å². The number of hydrogen-bond acceptors (Lipinski definition) is 2. The summed E-state index contributed by atoms with van der Waals surface area (Å²) in [4.78, 5) is 11.8. The van der Waals surface area contributed by atoms with Crippen molar-refractivity contribution in [3.8, 4) is 0 Å². The number of benzene rings is 1. The molecule has 1 unspecified atom stereocenters. The Balaban J connectivity index is 2.24. The van der Waals surface area contributed by atoms with Crippen LogP contribution in [0.25, 0.3) is 0 Å². The predicted octanol–water partition coefficient (Wildman–Crippen LogP) is 2.78. The van der Waals surface area contributed by atoms with Gasteiger partial charge in [-0.2, -0.15) is 0 Å². The zero-order valence-electron chi connectivity index (χ0n) is 12.3. The second-order valence-corrected chi connectivity index (χ2v) is 5.09. The topological polar surface area (TPSA) is 41.1 Å². The van der Waals surface area contributed by atoms with Crippen molar-refractivity contribution in [1.29, 1.82) is 0 Å². The molecule has 0 aliphatic rings. The molecule has 0 heterocycles. The molecule has 1 amide bonds. The Morgan fingerprint density at radius 1 is 1.21 bits per heavy atom. The Morgan fingerprint density at radius 2 is 1.89 bits per heavy atom. The van der Waals surface area contributed by atoms with Crippen LogP contribution in [0.4, 0.5) is 0 Å². The lowest BCUT2D eigenvalue weighted by Gasteiger charge is -2.14. The van der Waals surface area contributed by atoms with Gasteiger partial charge in [-0.05, 0) is 25.8 Å². The molecular formula is C16H26N2O. The van der Waals surface area contributed by atoms with Gasteiger partial charge in [0.05, 0.1) is 6.04 Å². The third kappa shape index (κ3) is 6.39. The van der Waals surface area contributed by atoms with Crippen LogP contribution >= 0.6 is 0 Å². The van der Waals surface area contributed by atoms with E-state index in [-0.39, 0.29) is 11.9 Å². The number of carbonyl (C=O) groups is 1. The number of amides is 1. The molecule has 3 nitrogen and oxygen atoms in total. The van der Waals surface area contributed by atoms with Gasteiger partial charge in [-0.1, -0.05) is 49.6 Å². The average molecular weight is 262 g/mol. The molecule has 1 aromatic rings. The second kappa shape index (κ2) is 8.70. The molecule has 19 heavy (non-hydrogen) atoms. The number of nitrogens with one attached hydrogen (secondary N) is 2. The van der Waals surface area contributed by atoms with Gasteiger partial charge in [0.2, 0.25) is 5.91 Å². The first kappa shape index (κ1) is 15.7. The first-order chi connectivity index (χ1) is 9.13. The van der Waals surface area contributed by atoms with E-state index in [2.05, 4.69) is 48.7 Å². The van der Waals surface area contributed by atoms with Crippen molar-refractivity contribution in [1.82, 2.24) is 10.6 Å². The van der Waals surface area contributed by atoms with Crippen molar-refractivity contribution in [3.63, 3.8) is 0 Å². The van der Waals surface area contributed by atoms with E-state index < -0.39 is 0 Å². The van der Waals surface area contributed by atoms with Crippen LogP contribution in [-0.2, 0) is 11.3 Å². The van der Waals surface area contributed by atoms with Crippen molar-refractivity contribution >= 4 is 5.91 Å². The van der Waals surface area contributed by atoms with Crippen LogP contribution in [0.1, 0.15) is 44.2 Å². The first-order valence-electron chi connectivity index (χ1n) is 7.20. The zero-order chi connectivity index (χ0) is 14.1. The van der Waals surface area contributed by atoms with Crippen LogP contribution in [0.2, 0.25) is 0 Å². The van der Waals surface area contributed by atoms with Crippen molar-refractivity contribution in [2.24, 2.45) is 0 Å². The van der Waals surface area contributed by atoms with Crippen LogP contribution in [0.5, 0.6) is 0 Å². The van der Waals surface area contributed by atoms with Crippen LogP contribution in [0, 0.1) is 6.92 Å². The number of aryl methyl sites for hydroxylation is 1. The largest absolute Gasteiger partial charge is 0.355 e. The van der Waals surface area contributed by atoms with Gasteiger partial charge in [-0.25, -0.2) is 0 Å². The standard InChI is InChI=1S/C16H26N2O/c1-4-5-6-11-17-16(19)14(3)18-12-15-9-7-13(2)8-10-15/h7-10,14,18H,4-6,11-12H2,1-3H3,(H,17,19). The summed E-state index contributed by atoms with van der Waals surface area (Å²) in [5, 5.41) is 6.21. The molecule has 0 radical (unpaired) electrons. The Hall–Kier alpha value is -1.35. The molecule has 2 N–H and O–H groups in total. The third-order valence-electron chi connectivity index (χ3n) is 3.21. The molecular weight excluding hydrogens is 236 g/mol. The number of rotatable bonds is 8. The summed E-state index contributed by atoms with van der Waals surface area (Å²) in [6, 6.07) is 8.21. The molecule has 1 aromatic carbocycles. The summed E-state index contributed by atoms with van der Waals surface area (Å²) < 4.78 is 0. The minimum Gasteiger partial charge on any atom is -0.355 e. The van der Waals surface area contributed by atoms with E-state index in [1.54, 1.807) is 0 Å². The number of carbonyl (C=O) groups excluding carboxylic acids is 1. The summed E-state index contributed by atoms with van der Waals surface area (Å²) in [7, 11) is 0. The van der Waals surface area contributed by atoms with Crippen LogP contribution < -0.4 is 10.6 Å². The Bertz CT molecular complexity index is 373. The average Bonchev–Trinajstić information content (AvgIpc) is 2.42. The maximum absolute atomic E-state index is 11.8. The molecule has 0 spiro atoms. The first-order valence-corrected chi connectivity index (χ1v) is 7.20. The van der Waals surface area contributed by atoms with Gasteiger partial charge in [-0.15, -0.1) is 0 Å². The fourth-order valence-electron chi connectivity index (χ4n) is 1.81. The van der Waals surface area contributed by atoms with Crippen LogP contribution in [-0.4, -0.2) is 18.5 Å². The van der Waals surface area contributed by atoms with Crippen molar-refractivity contribution in [2.75, 3.05) is 6.54 Å². The maximum atomic E-state index is 11.8. The second-order valence-electron chi connectivity index (χ2n) is 5.09. The molecule has 106 valence electrons. The molecule has 0 aliphatic heterocycles. The Kier molecular flexibility index (Phi) is 7.19. The molecule has 0 saturated carbocycles. The van der Waals surface area contributed by atoms with Crippen molar-refractivity contribution < 1.29 is 4.79 Å². The lowest BCUT2D eigenvalue weighted by Crippen LogP contribution is -2.42. The molecule has 0 fully saturated rings. The highest BCUT2D eigenvalue weighted by Crippen LogP contribution is 2.03. The highest BCUT2D eigenvalue weighted by atomic mass is 16.2. The smallest absolute Gasteiger partial charge is 0.236 e. The van der Waals surface area contributed by atoms with Gasteiger partial charge < -0.3 is 10.6 Å². The fourth-order valence-corrected chi connectivity index (χ4v) is 1.81. The summed E-state index contributed by atoms with van der Waals surface area (Å²) in [6.07, 6.45) is 3.41. The van der Waals surface area contributed by atoms with Gasteiger partial charge in [0, 0.05) is 13.1 Å². The summed E-state index contributed by atoms with van der Waals surface area (Å²) in [5.41, 5.74) is 2.46. The number of hydrogen-bond donors (Lipinski definition) is 2. The molecule has 1 atom stereocenters. The van der Waals surface area contributed by atoms with Crippen LogP contribution in [0.15, 0.2) is 24.3 Å². The normalized spacial score (nSPS) is 12.2. The highest BCUT2D eigenvalue weighted by Gasteiger charge is 2.10. The molecule has 0 bridgehead atoms. The van der Waals surface area contributed by atoms with Gasteiger partial charge in [-0.3, -0.25) is 4.79 Å². The van der Waals surface area contributed by atoms with Crippen LogP contribution in [0.3, 0.4) is 0 Å². The summed E-state index contributed by atoms with van der Waals surface area (Å²) in [5.74, 6) is 0.0863. The quantitative estimate of drug-likeness (QED) is 0.707. The minimum atomic E-state index is -0.150. The van der Waals surface area contributed by atoms with Gasteiger partial charge in [0.25, 0.3) is 0 Å². The van der Waals surface area contributed by atoms with E-state index in [4.69, 9.17) is 0 Å². The molecule has 1 rings (SSSR count). The molecule has 0 saturated heterocycles. The predicted molar refractivity (Wildman–Crippen MR) is 80.0 cm³/mol. The molecule has 0 aliphatic carbocycles. The number of unbranched alkanes of at least 4 members (excludes halogenated alkanes) is 2. The molecule has 0 aromatic heterocycles. The monoisotopic (exact) mass is 262 g/mol. The van der Waals surface area contributed by atoms with E-state index in [0.29, 0.717) is 0 Å². The minimum absolute atomic E-state index is 0.0863. The Morgan fingerprint density at radius 3 is 2.53 bits per heavy atom. The van der Waals surface area contributed by atoms with Crippen molar-refractivity contribution in [2.45, 2.75) is 52.6 Å². The molecule has 3 heteroatoms. The maximum Gasteiger partial charge on any atom is 0.236 e. The lowest BCUT2D eigenvalue weighted by atomic mass is 10.1. The van der Waals surface area contributed by atoms with Crippen molar-refractivity contribution in [3.05, 3.63) is 35.4 Å². The van der Waals surface area contributed by atoms with E-state index in [9.17, 15) is 4.79 Å². The lowest BCUT2D eigenvalue weighted by molar-refractivity contribution is -0.122. The fraction of sp³-hybridized carbons (Fsp3) is 0.562. The van der Waals surface area contributed by atoms with Gasteiger partial charge in [0.1, 0.15) is 0 Å². The van der Waals surface area contributed by atoms with E-state index in [1.807, 2.05) is 6.92 Å². The highest BCUT2D eigenvalue weighted by molar-refractivity contribution is 5.81. The third-order valence-corrected chi connectivity index (χ3v) is 3.21.